The van der Waals surface area contributed by atoms with E-state index in [1.807, 2.05) is 18.2 Å². The molecular weight excluding hydrogens is 256 g/mol. The van der Waals surface area contributed by atoms with Crippen molar-refractivity contribution in [2.45, 2.75) is 32.5 Å². The van der Waals surface area contributed by atoms with Crippen LogP contribution in [0.2, 0.25) is 0 Å². The van der Waals surface area contributed by atoms with Gasteiger partial charge in [0.1, 0.15) is 6.10 Å². The lowest BCUT2D eigenvalue weighted by Crippen LogP contribution is -2.17. The van der Waals surface area contributed by atoms with E-state index in [1.54, 1.807) is 32.1 Å². The van der Waals surface area contributed by atoms with Crippen LogP contribution >= 0.6 is 0 Å². The van der Waals surface area contributed by atoms with Gasteiger partial charge in [-0.2, -0.15) is 0 Å². The second kappa shape index (κ2) is 8.27. The summed E-state index contributed by atoms with van der Waals surface area (Å²) in [4.78, 5) is 22.1. The number of hydrogen-bond donors (Lipinski definition) is 1. The minimum absolute atomic E-state index is 0.153. The van der Waals surface area contributed by atoms with E-state index in [4.69, 9.17) is 4.74 Å². The largest absolute Gasteiger partial charge is 0.465 e. The van der Waals surface area contributed by atoms with Crippen LogP contribution in [0.5, 0.6) is 0 Å². The number of ether oxygens (including phenoxy) is 1. The lowest BCUT2D eigenvalue weighted by molar-refractivity contribution is -0.132. The van der Waals surface area contributed by atoms with Crippen molar-refractivity contribution >= 4 is 12.3 Å². The fraction of sp³-hybridized carbons (Fsp3) is 0.375. The quantitative estimate of drug-likeness (QED) is 0.585. The maximum Gasteiger partial charge on any atom is 0.293 e. The van der Waals surface area contributed by atoms with Gasteiger partial charge in [-0.15, -0.1) is 0 Å². The topological polar surface area (TPSA) is 63.6 Å². The van der Waals surface area contributed by atoms with Crippen molar-refractivity contribution in [2.24, 2.45) is 5.92 Å². The molecule has 20 heavy (non-hydrogen) atoms. The number of aliphatic hydroxyl groups is 1. The van der Waals surface area contributed by atoms with E-state index < -0.39 is 12.0 Å². The van der Waals surface area contributed by atoms with Gasteiger partial charge in [-0.3, -0.25) is 9.59 Å². The van der Waals surface area contributed by atoms with Gasteiger partial charge in [0, 0.05) is 12.3 Å². The van der Waals surface area contributed by atoms with Crippen LogP contribution in [0, 0.1) is 5.92 Å². The third-order valence-corrected chi connectivity index (χ3v) is 3.10. The summed E-state index contributed by atoms with van der Waals surface area (Å²) < 4.78 is 4.71. The van der Waals surface area contributed by atoms with Crippen molar-refractivity contribution in [1.29, 1.82) is 0 Å². The molecule has 0 saturated carbocycles. The second-order valence-corrected chi connectivity index (χ2v) is 4.73. The Morgan fingerprint density at radius 2 is 1.95 bits per heavy atom. The molecule has 1 aromatic carbocycles. The van der Waals surface area contributed by atoms with Gasteiger partial charge < -0.3 is 9.84 Å². The van der Waals surface area contributed by atoms with Gasteiger partial charge in [0.15, 0.2) is 5.78 Å². The van der Waals surface area contributed by atoms with Crippen molar-refractivity contribution in [3.63, 3.8) is 0 Å². The van der Waals surface area contributed by atoms with Gasteiger partial charge in [-0.25, -0.2) is 0 Å². The summed E-state index contributed by atoms with van der Waals surface area (Å²) in [5, 5.41) is 10.1. The first-order chi connectivity index (χ1) is 9.56. The highest BCUT2D eigenvalue weighted by Gasteiger charge is 2.21. The van der Waals surface area contributed by atoms with E-state index in [9.17, 15) is 14.7 Å². The lowest BCUT2D eigenvalue weighted by atomic mass is 9.93. The SMILES string of the molecule is C[C@@H](C/C=C/C(=O)[C@H](C)[C@H](O)c1ccccc1)OC=O. The molecule has 3 atom stereocenters. The maximum absolute atomic E-state index is 11.9. The monoisotopic (exact) mass is 276 g/mol. The number of hydrogen-bond acceptors (Lipinski definition) is 4. The van der Waals surface area contributed by atoms with E-state index in [1.165, 1.54) is 6.08 Å². The molecule has 4 heteroatoms. The summed E-state index contributed by atoms with van der Waals surface area (Å²) in [7, 11) is 0. The average molecular weight is 276 g/mol. The summed E-state index contributed by atoms with van der Waals surface area (Å²) in [6.07, 6.45) is 2.48. The van der Waals surface area contributed by atoms with Crippen LogP contribution in [-0.2, 0) is 14.3 Å². The molecule has 0 unspecified atom stereocenters. The molecule has 0 fully saturated rings. The number of carbonyl (C=O) groups is 2. The average Bonchev–Trinajstić information content (AvgIpc) is 2.46. The highest BCUT2D eigenvalue weighted by atomic mass is 16.5. The van der Waals surface area contributed by atoms with Crippen LogP contribution in [0.4, 0.5) is 0 Å². The van der Waals surface area contributed by atoms with Crippen LogP contribution in [0.3, 0.4) is 0 Å². The molecule has 0 amide bonds. The van der Waals surface area contributed by atoms with Crippen molar-refractivity contribution in [2.75, 3.05) is 0 Å². The summed E-state index contributed by atoms with van der Waals surface area (Å²) in [6.45, 7) is 3.82. The fourth-order valence-electron chi connectivity index (χ4n) is 1.77. The highest BCUT2D eigenvalue weighted by molar-refractivity contribution is 5.91. The van der Waals surface area contributed by atoms with Crippen molar-refractivity contribution < 1.29 is 19.4 Å². The molecule has 0 aliphatic carbocycles. The molecule has 0 aliphatic heterocycles. The van der Waals surface area contributed by atoms with Gasteiger partial charge in [0.2, 0.25) is 0 Å². The molecule has 0 spiro atoms. The van der Waals surface area contributed by atoms with Gasteiger partial charge in [-0.05, 0) is 18.6 Å². The van der Waals surface area contributed by atoms with Crippen LogP contribution in [0.25, 0.3) is 0 Å². The minimum Gasteiger partial charge on any atom is -0.465 e. The van der Waals surface area contributed by atoms with Crippen LogP contribution in [0.1, 0.15) is 31.9 Å². The Labute approximate surface area is 119 Å². The summed E-state index contributed by atoms with van der Waals surface area (Å²) in [5.41, 5.74) is 0.722. The Morgan fingerprint density at radius 3 is 2.55 bits per heavy atom. The summed E-state index contributed by atoms with van der Waals surface area (Å²) >= 11 is 0. The van der Waals surface area contributed by atoms with Gasteiger partial charge in [-0.1, -0.05) is 43.3 Å². The van der Waals surface area contributed by atoms with Crippen LogP contribution in [-0.4, -0.2) is 23.5 Å². The third kappa shape index (κ3) is 4.97. The number of ketones is 1. The number of benzene rings is 1. The number of carbonyl (C=O) groups excluding carboxylic acids is 2. The number of rotatable bonds is 8. The van der Waals surface area contributed by atoms with E-state index in [0.29, 0.717) is 12.9 Å². The third-order valence-electron chi connectivity index (χ3n) is 3.10. The Balaban J connectivity index is 2.54. The number of allylic oxidation sites excluding steroid dienone is 1. The molecule has 0 saturated heterocycles. The molecular formula is C16H20O4. The van der Waals surface area contributed by atoms with Crippen LogP contribution < -0.4 is 0 Å². The molecule has 0 aliphatic rings. The normalized spacial score (nSPS) is 15.6. The Kier molecular flexibility index (Phi) is 6.67. The van der Waals surface area contributed by atoms with E-state index >= 15 is 0 Å². The standard InChI is InChI=1S/C16H20O4/c1-12(20-11-17)7-6-10-15(18)13(2)16(19)14-8-4-3-5-9-14/h3-6,8-13,16,19H,7H2,1-2H3/b10-6+/t12-,13-,16-/m0/s1. The van der Waals surface area contributed by atoms with Gasteiger partial charge >= 0.3 is 0 Å². The summed E-state index contributed by atoms with van der Waals surface area (Å²) in [5.74, 6) is -0.671. The smallest absolute Gasteiger partial charge is 0.293 e. The molecule has 0 aromatic heterocycles. The Morgan fingerprint density at radius 1 is 1.30 bits per heavy atom. The fourth-order valence-corrected chi connectivity index (χ4v) is 1.77. The molecule has 108 valence electrons. The predicted octanol–water partition coefficient (Wildman–Crippen LogP) is 2.43. The van der Waals surface area contributed by atoms with E-state index in [-0.39, 0.29) is 11.9 Å². The zero-order chi connectivity index (χ0) is 15.0. The first kappa shape index (κ1) is 16.1. The molecule has 4 nitrogen and oxygen atoms in total. The minimum atomic E-state index is -0.822. The van der Waals surface area contributed by atoms with Crippen LogP contribution in [0.15, 0.2) is 42.5 Å². The van der Waals surface area contributed by atoms with E-state index in [0.717, 1.165) is 5.56 Å². The zero-order valence-electron chi connectivity index (χ0n) is 11.7. The lowest BCUT2D eigenvalue weighted by Gasteiger charge is -2.16. The molecule has 1 rings (SSSR count). The Hall–Kier alpha value is -1.94. The van der Waals surface area contributed by atoms with Crippen molar-refractivity contribution in [1.82, 2.24) is 0 Å². The maximum atomic E-state index is 11.9. The Bertz CT molecular complexity index is 453. The summed E-state index contributed by atoms with van der Waals surface area (Å²) in [6, 6.07) is 9.08. The second-order valence-electron chi connectivity index (χ2n) is 4.73. The predicted molar refractivity (Wildman–Crippen MR) is 75.9 cm³/mol. The first-order valence-electron chi connectivity index (χ1n) is 6.58. The molecule has 0 bridgehead atoms. The van der Waals surface area contributed by atoms with Crippen molar-refractivity contribution in [3.05, 3.63) is 48.0 Å². The number of aliphatic hydroxyl groups excluding tert-OH is 1. The first-order valence-corrected chi connectivity index (χ1v) is 6.58. The van der Waals surface area contributed by atoms with Crippen molar-refractivity contribution in [3.8, 4) is 0 Å². The molecule has 1 N–H and O–H groups in total. The van der Waals surface area contributed by atoms with E-state index in [2.05, 4.69) is 0 Å². The molecule has 0 heterocycles. The zero-order valence-corrected chi connectivity index (χ0v) is 11.7. The van der Waals surface area contributed by atoms with Gasteiger partial charge in [0.05, 0.1) is 6.10 Å². The molecule has 0 radical (unpaired) electrons. The highest BCUT2D eigenvalue weighted by Crippen LogP contribution is 2.22. The van der Waals surface area contributed by atoms with Gasteiger partial charge in [0.25, 0.3) is 6.47 Å². The molecule has 1 aromatic rings.